The average Bonchev–Trinajstić information content (AvgIpc) is 3.09. The van der Waals surface area contributed by atoms with Gasteiger partial charge >= 0.3 is 0 Å². The number of hydrogen-bond donors (Lipinski definition) is 2. The van der Waals surface area contributed by atoms with E-state index in [0.717, 1.165) is 42.8 Å². The van der Waals surface area contributed by atoms with Gasteiger partial charge in [-0.15, -0.1) is 11.3 Å². The minimum absolute atomic E-state index is 0.0766. The first-order valence-corrected chi connectivity index (χ1v) is 9.31. The second kappa shape index (κ2) is 6.07. The molecule has 1 amide bonds. The van der Waals surface area contributed by atoms with Crippen LogP contribution < -0.4 is 10.6 Å². The summed E-state index contributed by atoms with van der Waals surface area (Å²) in [6.07, 6.45) is 9.50. The molecule has 23 heavy (non-hydrogen) atoms. The molecule has 0 atom stereocenters. The molecule has 0 radical (unpaired) electrons. The number of hydrogen-bond acceptors (Lipinski definition) is 5. The van der Waals surface area contributed by atoms with Crippen molar-refractivity contribution in [2.75, 3.05) is 5.32 Å². The average molecular weight is 330 g/mol. The molecule has 4 rings (SSSR count). The zero-order valence-electron chi connectivity index (χ0n) is 13.4. The van der Waals surface area contributed by atoms with Crippen LogP contribution in [-0.2, 0) is 17.6 Å². The largest absolute Gasteiger partial charge is 0.367 e. The fraction of sp³-hybridized carbons (Fsp3) is 0.588. The number of carbonyl (C=O) groups is 1. The second-order valence-corrected chi connectivity index (χ2v) is 7.74. The lowest BCUT2D eigenvalue weighted by atomic mass is 9.91. The molecule has 122 valence electrons. The molecule has 2 aromatic rings. The predicted octanol–water partition coefficient (Wildman–Crippen LogP) is 3.04. The summed E-state index contributed by atoms with van der Waals surface area (Å²) in [4.78, 5) is 22.8. The van der Waals surface area contributed by atoms with Gasteiger partial charge < -0.3 is 10.6 Å². The second-order valence-electron chi connectivity index (χ2n) is 6.65. The Balaban J connectivity index is 1.50. The molecule has 2 aliphatic carbocycles. The Morgan fingerprint density at radius 1 is 1.17 bits per heavy atom. The van der Waals surface area contributed by atoms with Gasteiger partial charge in [-0.25, -0.2) is 9.97 Å². The van der Waals surface area contributed by atoms with E-state index in [1.807, 2.05) is 11.3 Å². The molecule has 0 unspecified atom stereocenters. The fourth-order valence-corrected chi connectivity index (χ4v) is 5.13. The van der Waals surface area contributed by atoms with Crippen LogP contribution >= 0.6 is 11.3 Å². The summed E-state index contributed by atoms with van der Waals surface area (Å²) in [6.45, 7) is 1.60. The van der Waals surface area contributed by atoms with Crippen molar-refractivity contribution >= 4 is 33.3 Å². The molecule has 0 bridgehead atoms. The molecule has 5 nitrogen and oxygen atoms in total. The van der Waals surface area contributed by atoms with Crippen molar-refractivity contribution in [1.82, 2.24) is 15.3 Å². The third-order valence-electron chi connectivity index (χ3n) is 4.98. The van der Waals surface area contributed by atoms with E-state index in [-0.39, 0.29) is 5.91 Å². The van der Waals surface area contributed by atoms with Crippen molar-refractivity contribution in [1.29, 1.82) is 0 Å². The van der Waals surface area contributed by atoms with Gasteiger partial charge in [-0.2, -0.15) is 0 Å². The van der Waals surface area contributed by atoms with Crippen LogP contribution in [0.25, 0.3) is 10.2 Å². The van der Waals surface area contributed by atoms with E-state index in [1.165, 1.54) is 28.7 Å². The highest BCUT2D eigenvalue weighted by atomic mass is 32.1. The maximum atomic E-state index is 11.2. The first-order chi connectivity index (χ1) is 11.2. The van der Waals surface area contributed by atoms with Crippen LogP contribution in [0, 0.1) is 0 Å². The summed E-state index contributed by atoms with van der Waals surface area (Å²) in [5, 5.41) is 7.95. The number of fused-ring (bicyclic) bond motifs is 3. The predicted molar refractivity (Wildman–Crippen MR) is 92.9 cm³/mol. The molecule has 6 heteroatoms. The Bertz CT molecular complexity index is 734. The summed E-state index contributed by atoms with van der Waals surface area (Å²) in [5.41, 5.74) is 1.47. The van der Waals surface area contributed by atoms with Gasteiger partial charge in [0.1, 0.15) is 17.0 Å². The van der Waals surface area contributed by atoms with Crippen molar-refractivity contribution in [2.24, 2.45) is 0 Å². The molecular formula is C17H22N4OS. The zero-order chi connectivity index (χ0) is 15.8. The van der Waals surface area contributed by atoms with Gasteiger partial charge in [0, 0.05) is 23.9 Å². The number of carbonyl (C=O) groups excluding carboxylic acids is 1. The van der Waals surface area contributed by atoms with Gasteiger partial charge in [-0.3, -0.25) is 4.79 Å². The fourth-order valence-electron chi connectivity index (χ4n) is 3.90. The third-order valence-corrected chi connectivity index (χ3v) is 6.18. The molecule has 1 saturated carbocycles. The monoisotopic (exact) mass is 330 g/mol. The van der Waals surface area contributed by atoms with Crippen molar-refractivity contribution < 1.29 is 4.79 Å². The maximum Gasteiger partial charge on any atom is 0.217 e. The highest BCUT2D eigenvalue weighted by Crippen LogP contribution is 2.39. The molecule has 0 aromatic carbocycles. The smallest absolute Gasteiger partial charge is 0.217 e. The van der Waals surface area contributed by atoms with Crippen molar-refractivity contribution in [3.05, 3.63) is 16.8 Å². The summed E-state index contributed by atoms with van der Waals surface area (Å²) < 4.78 is 0. The van der Waals surface area contributed by atoms with Crippen LogP contribution in [0.2, 0.25) is 0 Å². The van der Waals surface area contributed by atoms with Crippen LogP contribution in [0.15, 0.2) is 6.33 Å². The number of nitrogens with zero attached hydrogens (tertiary/aromatic N) is 2. The lowest BCUT2D eigenvalue weighted by Crippen LogP contribution is -2.39. The van der Waals surface area contributed by atoms with Gasteiger partial charge in [0.05, 0.1) is 5.39 Å². The minimum Gasteiger partial charge on any atom is -0.367 e. The van der Waals surface area contributed by atoms with E-state index >= 15 is 0 Å². The summed E-state index contributed by atoms with van der Waals surface area (Å²) in [5.74, 6) is 1.09. The topological polar surface area (TPSA) is 66.9 Å². The number of thiophene rings is 1. The summed E-state index contributed by atoms with van der Waals surface area (Å²) in [6, 6.07) is 0.774. The Kier molecular flexibility index (Phi) is 3.93. The van der Waals surface area contributed by atoms with E-state index in [4.69, 9.17) is 0 Å². The first kappa shape index (κ1) is 14.9. The molecule has 2 aromatic heterocycles. The molecular weight excluding hydrogens is 308 g/mol. The van der Waals surface area contributed by atoms with Crippen molar-refractivity contribution in [2.45, 2.75) is 64.0 Å². The third kappa shape index (κ3) is 2.92. The molecule has 2 heterocycles. The van der Waals surface area contributed by atoms with Crippen molar-refractivity contribution in [3.8, 4) is 0 Å². The quantitative estimate of drug-likeness (QED) is 0.908. The molecule has 2 aliphatic rings. The number of rotatable bonds is 3. The summed E-state index contributed by atoms with van der Waals surface area (Å²) >= 11 is 1.83. The van der Waals surface area contributed by atoms with Gasteiger partial charge in [0.2, 0.25) is 5.91 Å². The van der Waals surface area contributed by atoms with E-state index in [1.54, 1.807) is 13.3 Å². The molecule has 0 aliphatic heterocycles. The molecule has 1 fully saturated rings. The first-order valence-electron chi connectivity index (χ1n) is 8.49. The van der Waals surface area contributed by atoms with E-state index in [0.29, 0.717) is 12.1 Å². The number of nitrogens with one attached hydrogen (secondary N) is 2. The lowest BCUT2D eigenvalue weighted by Gasteiger charge is -2.29. The highest BCUT2D eigenvalue weighted by Gasteiger charge is 2.25. The Labute approximate surface area is 139 Å². The Morgan fingerprint density at radius 3 is 2.74 bits per heavy atom. The van der Waals surface area contributed by atoms with Crippen molar-refractivity contribution in [3.63, 3.8) is 0 Å². The van der Waals surface area contributed by atoms with Crippen LogP contribution in [0.1, 0.15) is 49.5 Å². The van der Waals surface area contributed by atoms with Gasteiger partial charge in [-0.05, 0) is 50.5 Å². The highest BCUT2D eigenvalue weighted by molar-refractivity contribution is 7.19. The standard InChI is InChI=1S/C17H22N4OS/c1-10(22)20-11-5-7-12(8-6-11)21-16-15-13-3-2-4-14(13)23-17(15)19-9-18-16/h9,11-12H,2-8H2,1H3,(H,20,22)(H,18,19,21). The minimum atomic E-state index is 0.0766. The van der Waals surface area contributed by atoms with Crippen LogP contribution in [0.3, 0.4) is 0 Å². The molecule has 0 saturated heterocycles. The Morgan fingerprint density at radius 2 is 1.96 bits per heavy atom. The molecule has 2 N–H and O–H groups in total. The number of aromatic nitrogens is 2. The number of anilines is 1. The van der Waals surface area contributed by atoms with Gasteiger partial charge in [-0.1, -0.05) is 0 Å². The normalized spacial score (nSPS) is 23.7. The zero-order valence-corrected chi connectivity index (χ0v) is 14.2. The number of amides is 1. The summed E-state index contributed by atoms with van der Waals surface area (Å²) in [7, 11) is 0. The lowest BCUT2D eigenvalue weighted by molar-refractivity contribution is -0.119. The van der Waals surface area contributed by atoms with Crippen LogP contribution in [0.4, 0.5) is 5.82 Å². The Hall–Kier alpha value is -1.69. The van der Waals surface area contributed by atoms with E-state index < -0.39 is 0 Å². The SMILES string of the molecule is CC(=O)NC1CCC(Nc2ncnc3sc4c(c23)CCC4)CC1. The van der Waals surface area contributed by atoms with E-state index in [9.17, 15) is 4.79 Å². The van der Waals surface area contributed by atoms with Crippen LogP contribution in [-0.4, -0.2) is 28.0 Å². The van der Waals surface area contributed by atoms with Crippen LogP contribution in [0.5, 0.6) is 0 Å². The molecule has 0 spiro atoms. The van der Waals surface area contributed by atoms with E-state index in [2.05, 4.69) is 20.6 Å². The number of aryl methyl sites for hydroxylation is 2. The maximum absolute atomic E-state index is 11.2. The van der Waals surface area contributed by atoms with Gasteiger partial charge in [0.15, 0.2) is 0 Å². The van der Waals surface area contributed by atoms with Gasteiger partial charge in [0.25, 0.3) is 0 Å².